The number of amides is 1. The van der Waals surface area contributed by atoms with Crippen LogP contribution < -0.4 is 0 Å². The van der Waals surface area contributed by atoms with Crippen molar-refractivity contribution < 1.29 is 9.53 Å². The maximum Gasteiger partial charge on any atom is 0.223 e. The van der Waals surface area contributed by atoms with Gasteiger partial charge in [-0.25, -0.2) is 4.98 Å². The normalized spacial score (nSPS) is 20.7. The van der Waals surface area contributed by atoms with Gasteiger partial charge in [-0.15, -0.1) is 10.2 Å². The summed E-state index contributed by atoms with van der Waals surface area (Å²) in [6.45, 7) is 2.11. The lowest BCUT2D eigenvalue weighted by Gasteiger charge is -2.22. The van der Waals surface area contributed by atoms with Crippen molar-refractivity contribution in [3.8, 4) is 5.82 Å². The highest BCUT2D eigenvalue weighted by molar-refractivity contribution is 7.99. The summed E-state index contributed by atoms with van der Waals surface area (Å²) in [5, 5.41) is 9.56. The predicted molar refractivity (Wildman–Crippen MR) is 98.1 cm³/mol. The summed E-state index contributed by atoms with van der Waals surface area (Å²) in [5.41, 5.74) is 0. The Labute approximate surface area is 157 Å². The molecular formula is C18H23N5O2S. The molecule has 4 heterocycles. The minimum absolute atomic E-state index is 0.186. The van der Waals surface area contributed by atoms with Crippen molar-refractivity contribution in [2.45, 2.75) is 49.9 Å². The molecule has 8 heteroatoms. The van der Waals surface area contributed by atoms with Gasteiger partial charge in [-0.1, -0.05) is 17.8 Å². The number of aromatic nitrogens is 4. The van der Waals surface area contributed by atoms with Crippen molar-refractivity contribution >= 4 is 17.7 Å². The molecule has 2 aromatic heterocycles. The molecule has 1 unspecified atom stereocenters. The average Bonchev–Trinajstić information content (AvgIpc) is 3.28. The van der Waals surface area contributed by atoms with Gasteiger partial charge in [-0.3, -0.25) is 9.36 Å². The Kier molecular flexibility index (Phi) is 5.50. The van der Waals surface area contributed by atoms with Gasteiger partial charge in [0.1, 0.15) is 5.82 Å². The molecular weight excluding hydrogens is 350 g/mol. The van der Waals surface area contributed by atoms with Gasteiger partial charge in [0.25, 0.3) is 0 Å². The molecule has 4 rings (SSSR count). The fraction of sp³-hybridized carbons (Fsp3) is 0.556. The standard InChI is InChI=1S/C18H23N5O2S/c24-17-8-5-10-22(17)12-16-20-21-18(23(16)15-7-1-3-9-19-15)26-13-14-6-2-4-11-25-14/h1,3,7,9,14H,2,4-6,8,10-13H2. The van der Waals surface area contributed by atoms with Crippen LogP contribution in [0.1, 0.15) is 37.9 Å². The molecule has 26 heavy (non-hydrogen) atoms. The van der Waals surface area contributed by atoms with E-state index in [0.717, 1.165) is 55.0 Å². The van der Waals surface area contributed by atoms with Gasteiger partial charge in [0.2, 0.25) is 5.91 Å². The zero-order valence-electron chi connectivity index (χ0n) is 14.7. The molecule has 0 radical (unpaired) electrons. The minimum Gasteiger partial charge on any atom is -0.377 e. The molecule has 2 aromatic rings. The molecule has 0 aliphatic carbocycles. The number of likely N-dealkylation sites (tertiary alicyclic amines) is 1. The topological polar surface area (TPSA) is 73.1 Å². The summed E-state index contributed by atoms with van der Waals surface area (Å²) < 4.78 is 7.80. The molecule has 0 N–H and O–H groups in total. The van der Waals surface area contributed by atoms with Crippen LogP contribution in [0.15, 0.2) is 29.6 Å². The Balaban J connectivity index is 1.55. The van der Waals surface area contributed by atoms with E-state index in [-0.39, 0.29) is 12.0 Å². The summed E-state index contributed by atoms with van der Waals surface area (Å²) in [5.74, 6) is 2.58. The molecule has 7 nitrogen and oxygen atoms in total. The Morgan fingerprint density at radius 1 is 1.23 bits per heavy atom. The zero-order valence-corrected chi connectivity index (χ0v) is 15.5. The van der Waals surface area contributed by atoms with E-state index in [0.29, 0.717) is 13.0 Å². The lowest BCUT2D eigenvalue weighted by atomic mass is 10.1. The van der Waals surface area contributed by atoms with Crippen molar-refractivity contribution in [3.63, 3.8) is 0 Å². The van der Waals surface area contributed by atoms with Gasteiger partial charge in [0, 0.05) is 31.5 Å². The highest BCUT2D eigenvalue weighted by atomic mass is 32.2. The van der Waals surface area contributed by atoms with Gasteiger partial charge in [0.05, 0.1) is 12.6 Å². The summed E-state index contributed by atoms with van der Waals surface area (Å²) in [6, 6.07) is 5.78. The zero-order chi connectivity index (χ0) is 17.8. The number of hydrogen-bond donors (Lipinski definition) is 0. The number of nitrogens with zero attached hydrogens (tertiary/aromatic N) is 5. The van der Waals surface area contributed by atoms with Crippen molar-refractivity contribution in [3.05, 3.63) is 30.2 Å². The van der Waals surface area contributed by atoms with E-state index in [1.54, 1.807) is 18.0 Å². The molecule has 1 atom stereocenters. The summed E-state index contributed by atoms with van der Waals surface area (Å²) in [4.78, 5) is 18.3. The number of rotatable bonds is 6. The fourth-order valence-corrected chi connectivity index (χ4v) is 4.38. The Morgan fingerprint density at radius 3 is 2.92 bits per heavy atom. The molecule has 2 aliphatic rings. The highest BCUT2D eigenvalue weighted by Gasteiger charge is 2.25. The summed E-state index contributed by atoms with van der Waals surface area (Å²) in [6.07, 6.45) is 7.04. The van der Waals surface area contributed by atoms with Crippen LogP contribution in [0, 0.1) is 0 Å². The van der Waals surface area contributed by atoms with E-state index < -0.39 is 0 Å². The SMILES string of the molecule is O=C1CCCN1Cc1nnc(SCC2CCCCO2)n1-c1ccccn1. The van der Waals surface area contributed by atoms with E-state index >= 15 is 0 Å². The third-order valence-corrected chi connectivity index (χ3v) is 5.82. The molecule has 138 valence electrons. The van der Waals surface area contributed by atoms with Crippen molar-refractivity contribution in [1.29, 1.82) is 0 Å². The molecule has 0 bridgehead atoms. The monoisotopic (exact) mass is 373 g/mol. The fourth-order valence-electron chi connectivity index (χ4n) is 3.36. The smallest absolute Gasteiger partial charge is 0.223 e. The second kappa shape index (κ2) is 8.18. The van der Waals surface area contributed by atoms with Crippen LogP contribution >= 0.6 is 11.8 Å². The van der Waals surface area contributed by atoms with Crippen LogP contribution in [0.2, 0.25) is 0 Å². The van der Waals surface area contributed by atoms with Crippen LogP contribution in [0.4, 0.5) is 0 Å². The second-order valence-electron chi connectivity index (χ2n) is 6.64. The number of carbonyl (C=O) groups excluding carboxylic acids is 1. The van der Waals surface area contributed by atoms with Crippen molar-refractivity contribution in [2.75, 3.05) is 18.9 Å². The van der Waals surface area contributed by atoms with E-state index in [1.807, 2.05) is 27.7 Å². The highest BCUT2D eigenvalue weighted by Crippen LogP contribution is 2.26. The molecule has 2 saturated heterocycles. The van der Waals surface area contributed by atoms with E-state index in [9.17, 15) is 4.79 Å². The molecule has 0 saturated carbocycles. The second-order valence-corrected chi connectivity index (χ2v) is 7.63. The third kappa shape index (κ3) is 3.91. The number of hydrogen-bond acceptors (Lipinski definition) is 6. The van der Waals surface area contributed by atoms with Gasteiger partial charge < -0.3 is 9.64 Å². The van der Waals surface area contributed by atoms with Crippen LogP contribution in [-0.4, -0.2) is 55.6 Å². The van der Waals surface area contributed by atoms with Gasteiger partial charge in [-0.2, -0.15) is 0 Å². The maximum absolute atomic E-state index is 12.0. The molecule has 0 spiro atoms. The van der Waals surface area contributed by atoms with Crippen LogP contribution in [-0.2, 0) is 16.1 Å². The molecule has 2 aliphatic heterocycles. The van der Waals surface area contributed by atoms with E-state index in [1.165, 1.54) is 6.42 Å². The van der Waals surface area contributed by atoms with Crippen molar-refractivity contribution in [1.82, 2.24) is 24.6 Å². The first-order chi connectivity index (χ1) is 12.8. The van der Waals surface area contributed by atoms with Gasteiger partial charge in [0.15, 0.2) is 11.0 Å². The van der Waals surface area contributed by atoms with E-state index in [2.05, 4.69) is 15.2 Å². The Bertz CT molecular complexity index is 745. The van der Waals surface area contributed by atoms with Crippen LogP contribution in [0.5, 0.6) is 0 Å². The van der Waals surface area contributed by atoms with Gasteiger partial charge >= 0.3 is 0 Å². The number of pyridine rings is 1. The summed E-state index contributed by atoms with van der Waals surface area (Å²) in [7, 11) is 0. The van der Waals surface area contributed by atoms with Crippen LogP contribution in [0.25, 0.3) is 5.82 Å². The lowest BCUT2D eigenvalue weighted by molar-refractivity contribution is -0.128. The molecule has 0 aromatic carbocycles. The van der Waals surface area contributed by atoms with E-state index in [4.69, 9.17) is 4.74 Å². The lowest BCUT2D eigenvalue weighted by Crippen LogP contribution is -2.26. The minimum atomic E-state index is 0.186. The van der Waals surface area contributed by atoms with Gasteiger partial charge in [-0.05, 0) is 37.8 Å². The van der Waals surface area contributed by atoms with Crippen LogP contribution in [0.3, 0.4) is 0 Å². The third-order valence-electron chi connectivity index (χ3n) is 4.75. The average molecular weight is 373 g/mol. The number of thioether (sulfide) groups is 1. The largest absolute Gasteiger partial charge is 0.377 e. The maximum atomic E-state index is 12.0. The molecule has 1 amide bonds. The number of ether oxygens (including phenoxy) is 1. The predicted octanol–water partition coefficient (Wildman–Crippen LogP) is 2.45. The quantitative estimate of drug-likeness (QED) is 0.724. The first kappa shape index (κ1) is 17.5. The molecule has 2 fully saturated rings. The summed E-state index contributed by atoms with van der Waals surface area (Å²) >= 11 is 1.65. The number of carbonyl (C=O) groups is 1. The Morgan fingerprint density at radius 2 is 2.19 bits per heavy atom. The Hall–Kier alpha value is -1.93. The van der Waals surface area contributed by atoms with Crippen molar-refractivity contribution in [2.24, 2.45) is 0 Å². The first-order valence-electron chi connectivity index (χ1n) is 9.19. The first-order valence-corrected chi connectivity index (χ1v) is 10.2.